The Labute approximate surface area is 197 Å². The number of benzene rings is 3. The fourth-order valence-corrected chi connectivity index (χ4v) is 4.69. The Hall–Kier alpha value is -3.51. The summed E-state index contributed by atoms with van der Waals surface area (Å²) >= 11 is 0. The topological polar surface area (TPSA) is 34.5 Å². The summed E-state index contributed by atoms with van der Waals surface area (Å²) in [6.45, 7) is 2.84. The molecule has 0 saturated carbocycles. The van der Waals surface area contributed by atoms with Crippen LogP contribution in [0, 0.1) is 11.6 Å². The average Bonchev–Trinajstić information content (AvgIpc) is 3.23. The number of hydrogen-bond acceptors (Lipinski definition) is 2. The fraction of sp³-hybridized carbons (Fsp3) is 0.250. The zero-order valence-corrected chi connectivity index (χ0v) is 18.8. The number of nitrogens with zero attached hydrogens (tertiary/aromatic N) is 2. The van der Waals surface area contributed by atoms with Gasteiger partial charge in [0.2, 0.25) is 5.91 Å². The lowest BCUT2D eigenvalue weighted by atomic mass is 9.87. The van der Waals surface area contributed by atoms with E-state index in [-0.39, 0.29) is 29.9 Å². The molecule has 4 nitrogen and oxygen atoms in total. The fourth-order valence-electron chi connectivity index (χ4n) is 4.69. The highest BCUT2D eigenvalue weighted by Gasteiger charge is 2.26. The van der Waals surface area contributed by atoms with Crippen molar-refractivity contribution in [2.45, 2.75) is 18.9 Å². The Morgan fingerprint density at radius 2 is 1.53 bits per heavy atom. The molecule has 0 unspecified atom stereocenters. The quantitative estimate of drug-likeness (QED) is 0.389. The van der Waals surface area contributed by atoms with Crippen molar-refractivity contribution in [3.8, 4) is 0 Å². The maximum absolute atomic E-state index is 13.7. The molecule has 6 heteroatoms. The molecule has 1 saturated heterocycles. The summed E-state index contributed by atoms with van der Waals surface area (Å²) in [4.78, 5) is 15.1. The second-order valence-electron chi connectivity index (χ2n) is 8.66. The van der Waals surface area contributed by atoms with Crippen LogP contribution in [0.15, 0.2) is 79.0 Å². The molecule has 1 atom stereocenters. The van der Waals surface area contributed by atoms with E-state index in [0.29, 0.717) is 32.8 Å². The Bertz CT molecular complexity index is 1280. The molecule has 0 bridgehead atoms. The summed E-state index contributed by atoms with van der Waals surface area (Å²) in [5, 5.41) is 1.05. The molecule has 1 aromatic heterocycles. The summed E-state index contributed by atoms with van der Waals surface area (Å²) in [5.41, 5.74) is 3.93. The van der Waals surface area contributed by atoms with E-state index in [1.54, 1.807) is 24.3 Å². The third-order valence-corrected chi connectivity index (χ3v) is 6.48. The van der Waals surface area contributed by atoms with Crippen LogP contribution in [-0.4, -0.2) is 41.7 Å². The molecule has 2 heterocycles. The van der Waals surface area contributed by atoms with Crippen molar-refractivity contribution < 1.29 is 18.3 Å². The summed E-state index contributed by atoms with van der Waals surface area (Å²) in [6, 6.07) is 21.0. The van der Waals surface area contributed by atoms with Crippen molar-refractivity contribution in [2.24, 2.45) is 0 Å². The Balaban J connectivity index is 1.55. The SMILES string of the molecule is O=C(C[C@H](c1ccc(F)cc1)c1cn(Cc2ccc(F)cc2)c2ccccc12)N1CCOCC1. The zero-order chi connectivity index (χ0) is 23.5. The van der Waals surface area contributed by atoms with Gasteiger partial charge in [-0.3, -0.25) is 4.79 Å². The number of aromatic nitrogens is 1. The number of ether oxygens (including phenoxy) is 1. The lowest BCUT2D eigenvalue weighted by molar-refractivity contribution is -0.135. The van der Waals surface area contributed by atoms with Gasteiger partial charge < -0.3 is 14.2 Å². The van der Waals surface area contributed by atoms with Crippen molar-refractivity contribution in [1.82, 2.24) is 9.47 Å². The van der Waals surface area contributed by atoms with Gasteiger partial charge in [0.1, 0.15) is 11.6 Å². The molecule has 1 aliphatic rings. The zero-order valence-electron chi connectivity index (χ0n) is 18.8. The minimum atomic E-state index is -0.305. The summed E-state index contributed by atoms with van der Waals surface area (Å²) < 4.78 is 34.6. The largest absolute Gasteiger partial charge is 0.378 e. The number of halogens is 2. The van der Waals surface area contributed by atoms with E-state index in [1.807, 2.05) is 23.1 Å². The minimum Gasteiger partial charge on any atom is -0.378 e. The minimum absolute atomic E-state index is 0.0630. The monoisotopic (exact) mass is 460 g/mol. The van der Waals surface area contributed by atoms with Gasteiger partial charge in [0.15, 0.2) is 0 Å². The van der Waals surface area contributed by atoms with Gasteiger partial charge in [0.05, 0.1) is 13.2 Å². The van der Waals surface area contributed by atoms with Crippen molar-refractivity contribution >= 4 is 16.8 Å². The molecule has 34 heavy (non-hydrogen) atoms. The molecular weight excluding hydrogens is 434 g/mol. The molecule has 3 aromatic carbocycles. The number of rotatable bonds is 6. The van der Waals surface area contributed by atoms with Gasteiger partial charge in [-0.15, -0.1) is 0 Å². The number of carbonyl (C=O) groups is 1. The third-order valence-electron chi connectivity index (χ3n) is 6.48. The average molecular weight is 461 g/mol. The maximum Gasteiger partial charge on any atom is 0.223 e. The first-order chi connectivity index (χ1) is 16.6. The van der Waals surface area contributed by atoms with Crippen LogP contribution in [0.5, 0.6) is 0 Å². The number of morpholine rings is 1. The molecular formula is C28H26F2N2O2. The van der Waals surface area contributed by atoms with E-state index in [0.717, 1.165) is 27.6 Å². The van der Waals surface area contributed by atoms with Crippen LogP contribution in [0.4, 0.5) is 8.78 Å². The number of amides is 1. The highest BCUT2D eigenvalue weighted by atomic mass is 19.1. The van der Waals surface area contributed by atoms with E-state index in [1.165, 1.54) is 24.3 Å². The first-order valence-electron chi connectivity index (χ1n) is 11.5. The lowest BCUT2D eigenvalue weighted by Gasteiger charge is -2.28. The molecule has 0 aliphatic carbocycles. The second kappa shape index (κ2) is 9.77. The molecule has 1 fully saturated rings. The first kappa shape index (κ1) is 22.3. The predicted molar refractivity (Wildman–Crippen MR) is 128 cm³/mol. The van der Waals surface area contributed by atoms with Gasteiger partial charge in [0, 0.05) is 49.1 Å². The number of para-hydroxylation sites is 1. The third kappa shape index (κ3) is 4.73. The van der Waals surface area contributed by atoms with E-state index in [2.05, 4.69) is 16.8 Å². The van der Waals surface area contributed by atoms with E-state index < -0.39 is 0 Å². The van der Waals surface area contributed by atoms with Crippen molar-refractivity contribution in [1.29, 1.82) is 0 Å². The van der Waals surface area contributed by atoms with Gasteiger partial charge in [-0.05, 0) is 47.0 Å². The molecule has 0 spiro atoms. The smallest absolute Gasteiger partial charge is 0.223 e. The lowest BCUT2D eigenvalue weighted by Crippen LogP contribution is -2.41. The van der Waals surface area contributed by atoms with Gasteiger partial charge in [0.25, 0.3) is 0 Å². The second-order valence-corrected chi connectivity index (χ2v) is 8.66. The van der Waals surface area contributed by atoms with Crippen molar-refractivity contribution in [2.75, 3.05) is 26.3 Å². The summed E-state index contributed by atoms with van der Waals surface area (Å²) in [5.74, 6) is -0.733. The standard InChI is InChI=1S/C28H26F2N2O2/c29-22-9-5-20(6-10-22)18-32-19-26(24-3-1-2-4-27(24)32)25(21-7-11-23(30)12-8-21)17-28(33)31-13-15-34-16-14-31/h1-12,19,25H,13-18H2/t25-/m1/s1. The molecule has 1 aliphatic heterocycles. The molecule has 0 N–H and O–H groups in total. The Kier molecular flexibility index (Phi) is 6.41. The Morgan fingerprint density at radius 1 is 0.882 bits per heavy atom. The first-order valence-corrected chi connectivity index (χ1v) is 11.5. The van der Waals surface area contributed by atoms with E-state index in [9.17, 15) is 13.6 Å². The van der Waals surface area contributed by atoms with Gasteiger partial charge in [-0.2, -0.15) is 0 Å². The van der Waals surface area contributed by atoms with Crippen molar-refractivity contribution in [3.05, 3.63) is 107 Å². The number of carbonyl (C=O) groups excluding carboxylic acids is 1. The predicted octanol–water partition coefficient (Wildman–Crippen LogP) is 5.35. The van der Waals surface area contributed by atoms with Crippen LogP contribution < -0.4 is 0 Å². The number of hydrogen-bond donors (Lipinski definition) is 0. The summed E-state index contributed by atoms with van der Waals surface area (Å²) in [7, 11) is 0. The normalized spacial score (nSPS) is 14.9. The van der Waals surface area contributed by atoms with E-state index >= 15 is 0 Å². The molecule has 0 radical (unpaired) electrons. The molecule has 174 valence electrons. The highest BCUT2D eigenvalue weighted by Crippen LogP contribution is 2.35. The maximum atomic E-state index is 13.7. The molecule has 4 aromatic rings. The van der Waals surface area contributed by atoms with Crippen LogP contribution in [0.3, 0.4) is 0 Å². The van der Waals surface area contributed by atoms with Crippen LogP contribution in [0.2, 0.25) is 0 Å². The van der Waals surface area contributed by atoms with Crippen LogP contribution in [-0.2, 0) is 16.1 Å². The van der Waals surface area contributed by atoms with Gasteiger partial charge in [-0.1, -0.05) is 42.5 Å². The van der Waals surface area contributed by atoms with Gasteiger partial charge in [-0.25, -0.2) is 8.78 Å². The molecule has 1 amide bonds. The molecule has 5 rings (SSSR count). The van der Waals surface area contributed by atoms with Crippen LogP contribution >= 0.6 is 0 Å². The van der Waals surface area contributed by atoms with E-state index in [4.69, 9.17) is 4.74 Å². The van der Waals surface area contributed by atoms with Gasteiger partial charge >= 0.3 is 0 Å². The van der Waals surface area contributed by atoms with Crippen LogP contribution in [0.25, 0.3) is 10.9 Å². The van der Waals surface area contributed by atoms with Crippen LogP contribution in [0.1, 0.15) is 29.0 Å². The number of fused-ring (bicyclic) bond motifs is 1. The Morgan fingerprint density at radius 3 is 2.24 bits per heavy atom. The summed E-state index contributed by atoms with van der Waals surface area (Å²) in [6.07, 6.45) is 2.37. The highest BCUT2D eigenvalue weighted by molar-refractivity contribution is 5.87. The van der Waals surface area contributed by atoms with Crippen molar-refractivity contribution in [3.63, 3.8) is 0 Å².